The third-order valence-corrected chi connectivity index (χ3v) is 5.46. The molecule has 2 nitrogen and oxygen atoms in total. The molecule has 0 saturated carbocycles. The summed E-state index contributed by atoms with van der Waals surface area (Å²) in [6, 6.07) is 7.97. The van der Waals surface area contributed by atoms with Crippen LogP contribution in [0.5, 0.6) is 11.5 Å². The highest BCUT2D eigenvalue weighted by atomic mass is 79.9. The van der Waals surface area contributed by atoms with Crippen molar-refractivity contribution in [3.63, 3.8) is 0 Å². The molecule has 2 rings (SSSR count). The molecular weight excluding hydrogens is 392 g/mol. The number of hydrogen-bond acceptors (Lipinski definition) is 3. The summed E-state index contributed by atoms with van der Waals surface area (Å²) in [6.07, 6.45) is 0. The van der Waals surface area contributed by atoms with Gasteiger partial charge in [-0.25, -0.2) is 0 Å². The van der Waals surface area contributed by atoms with Gasteiger partial charge in [-0.1, -0.05) is 15.9 Å². The number of alkyl halides is 1. The molecule has 0 N–H and O–H groups in total. The van der Waals surface area contributed by atoms with E-state index in [1.165, 1.54) is 10.4 Å². The standard InChI is InChI=1S/C14H14Br2O2S/c1-8-10(7-13(15)19-8)14(16)11-6-9(17-2)4-5-12(11)18-3/h4-7,14H,1-3H3. The monoisotopic (exact) mass is 404 g/mol. The highest BCUT2D eigenvalue weighted by Gasteiger charge is 2.19. The highest BCUT2D eigenvalue weighted by Crippen LogP contribution is 2.42. The van der Waals surface area contributed by atoms with E-state index in [0.717, 1.165) is 20.8 Å². The molecule has 0 fully saturated rings. The molecule has 0 amide bonds. The molecular formula is C14H14Br2O2S. The van der Waals surface area contributed by atoms with E-state index in [0.29, 0.717) is 0 Å². The number of hydrogen-bond donors (Lipinski definition) is 0. The number of rotatable bonds is 4. The van der Waals surface area contributed by atoms with Crippen molar-refractivity contribution in [3.8, 4) is 11.5 Å². The van der Waals surface area contributed by atoms with E-state index in [1.807, 2.05) is 18.2 Å². The molecule has 1 atom stereocenters. The van der Waals surface area contributed by atoms with E-state index >= 15 is 0 Å². The molecule has 1 unspecified atom stereocenters. The van der Waals surface area contributed by atoms with Gasteiger partial charge in [0.2, 0.25) is 0 Å². The number of thiophene rings is 1. The summed E-state index contributed by atoms with van der Waals surface area (Å²) in [5, 5.41) is 0. The van der Waals surface area contributed by atoms with Gasteiger partial charge in [0.1, 0.15) is 11.5 Å². The van der Waals surface area contributed by atoms with Crippen LogP contribution in [0.25, 0.3) is 0 Å². The normalized spacial score (nSPS) is 12.3. The van der Waals surface area contributed by atoms with Crippen LogP contribution >= 0.6 is 43.2 Å². The minimum absolute atomic E-state index is 0.0834. The van der Waals surface area contributed by atoms with Crippen LogP contribution in [0.1, 0.15) is 20.8 Å². The molecule has 0 radical (unpaired) electrons. The minimum Gasteiger partial charge on any atom is -0.497 e. The first kappa shape index (κ1) is 14.9. The predicted octanol–water partition coefficient (Wildman–Crippen LogP) is 5.32. The second-order valence-electron chi connectivity index (χ2n) is 4.03. The van der Waals surface area contributed by atoms with Crippen molar-refractivity contribution in [1.29, 1.82) is 0 Å². The van der Waals surface area contributed by atoms with Gasteiger partial charge < -0.3 is 9.47 Å². The first-order valence-electron chi connectivity index (χ1n) is 5.68. The van der Waals surface area contributed by atoms with Gasteiger partial charge in [0.15, 0.2) is 0 Å². The Kier molecular flexibility index (Phi) is 4.92. The first-order chi connectivity index (χ1) is 9.06. The maximum atomic E-state index is 5.44. The summed E-state index contributed by atoms with van der Waals surface area (Å²) in [5.74, 6) is 1.68. The minimum atomic E-state index is 0.0834. The molecule has 0 saturated heterocycles. The zero-order valence-electron chi connectivity index (χ0n) is 10.9. The quantitative estimate of drug-likeness (QED) is 0.640. The van der Waals surface area contributed by atoms with Gasteiger partial charge in [-0.3, -0.25) is 0 Å². The molecule has 2 aromatic rings. The van der Waals surface area contributed by atoms with Crippen LogP contribution in [-0.4, -0.2) is 14.2 Å². The van der Waals surface area contributed by atoms with Crippen LogP contribution in [0, 0.1) is 6.92 Å². The number of aryl methyl sites for hydroxylation is 1. The van der Waals surface area contributed by atoms with E-state index in [-0.39, 0.29) is 4.83 Å². The maximum absolute atomic E-state index is 5.44. The van der Waals surface area contributed by atoms with Crippen LogP contribution in [-0.2, 0) is 0 Å². The molecule has 0 aliphatic carbocycles. The van der Waals surface area contributed by atoms with Crippen LogP contribution in [0.4, 0.5) is 0 Å². The van der Waals surface area contributed by atoms with Crippen LogP contribution < -0.4 is 9.47 Å². The molecule has 0 spiro atoms. The van der Waals surface area contributed by atoms with Crippen molar-refractivity contribution in [2.75, 3.05) is 14.2 Å². The summed E-state index contributed by atoms with van der Waals surface area (Å²) >= 11 is 9.02. The van der Waals surface area contributed by atoms with Crippen LogP contribution in [0.3, 0.4) is 0 Å². The van der Waals surface area contributed by atoms with Crippen molar-refractivity contribution in [3.05, 3.63) is 44.1 Å². The summed E-state index contributed by atoms with van der Waals surface area (Å²) in [4.78, 5) is 1.36. The lowest BCUT2D eigenvalue weighted by atomic mass is 10.0. The van der Waals surface area contributed by atoms with E-state index in [9.17, 15) is 0 Å². The molecule has 5 heteroatoms. The third-order valence-electron chi connectivity index (χ3n) is 2.91. The molecule has 1 heterocycles. The van der Waals surface area contributed by atoms with Crippen molar-refractivity contribution < 1.29 is 9.47 Å². The van der Waals surface area contributed by atoms with Gasteiger partial charge >= 0.3 is 0 Å². The SMILES string of the molecule is COc1ccc(OC)c(C(Br)c2cc(Br)sc2C)c1. The Bertz CT molecular complexity index is 581. The fourth-order valence-corrected chi connectivity index (χ4v) is 4.65. The van der Waals surface area contributed by atoms with Gasteiger partial charge in [-0.05, 0) is 52.7 Å². The van der Waals surface area contributed by atoms with E-state index in [1.54, 1.807) is 25.6 Å². The van der Waals surface area contributed by atoms with Crippen molar-refractivity contribution in [2.24, 2.45) is 0 Å². The average molecular weight is 406 g/mol. The molecule has 19 heavy (non-hydrogen) atoms. The smallest absolute Gasteiger partial charge is 0.123 e. The molecule has 0 aliphatic rings. The number of halogens is 2. The molecule has 1 aromatic carbocycles. The van der Waals surface area contributed by atoms with Crippen molar-refractivity contribution in [1.82, 2.24) is 0 Å². The van der Waals surface area contributed by atoms with Gasteiger partial charge in [0.05, 0.1) is 22.8 Å². The van der Waals surface area contributed by atoms with Crippen LogP contribution in [0.15, 0.2) is 28.1 Å². The Morgan fingerprint density at radius 1 is 1.11 bits per heavy atom. The van der Waals surface area contributed by atoms with Crippen LogP contribution in [0.2, 0.25) is 0 Å². The average Bonchev–Trinajstić information content (AvgIpc) is 2.76. The number of benzene rings is 1. The lowest BCUT2D eigenvalue weighted by molar-refractivity contribution is 0.399. The summed E-state index contributed by atoms with van der Waals surface area (Å²) < 4.78 is 11.9. The zero-order valence-corrected chi connectivity index (χ0v) is 14.9. The van der Waals surface area contributed by atoms with E-state index < -0.39 is 0 Å². The maximum Gasteiger partial charge on any atom is 0.123 e. The molecule has 0 aliphatic heterocycles. The first-order valence-corrected chi connectivity index (χ1v) is 8.21. The Hall–Kier alpha value is -0.520. The lowest BCUT2D eigenvalue weighted by Gasteiger charge is -2.15. The van der Waals surface area contributed by atoms with Gasteiger partial charge in [-0.2, -0.15) is 0 Å². The fraction of sp³-hybridized carbons (Fsp3) is 0.286. The largest absolute Gasteiger partial charge is 0.497 e. The zero-order chi connectivity index (χ0) is 14.0. The van der Waals surface area contributed by atoms with E-state index in [2.05, 4.69) is 44.8 Å². The summed E-state index contributed by atoms with van der Waals surface area (Å²) in [6.45, 7) is 2.12. The van der Waals surface area contributed by atoms with E-state index in [4.69, 9.17) is 9.47 Å². The van der Waals surface area contributed by atoms with Gasteiger partial charge in [-0.15, -0.1) is 11.3 Å². The van der Waals surface area contributed by atoms with Gasteiger partial charge in [0, 0.05) is 10.4 Å². The van der Waals surface area contributed by atoms with Gasteiger partial charge in [0.25, 0.3) is 0 Å². The molecule has 0 bridgehead atoms. The molecule has 102 valence electrons. The summed E-state index contributed by atoms with van der Waals surface area (Å²) in [7, 11) is 3.35. The second-order valence-corrected chi connectivity index (χ2v) is 7.58. The fourth-order valence-electron chi connectivity index (χ4n) is 1.92. The predicted molar refractivity (Wildman–Crippen MR) is 87.1 cm³/mol. The van der Waals surface area contributed by atoms with Crippen molar-refractivity contribution in [2.45, 2.75) is 11.8 Å². The highest BCUT2D eigenvalue weighted by molar-refractivity contribution is 9.11. The number of ether oxygens (including phenoxy) is 2. The Morgan fingerprint density at radius 3 is 2.37 bits per heavy atom. The van der Waals surface area contributed by atoms with Crippen molar-refractivity contribution >= 4 is 43.2 Å². The molecule has 1 aromatic heterocycles. The third kappa shape index (κ3) is 3.15. The summed E-state index contributed by atoms with van der Waals surface area (Å²) in [5.41, 5.74) is 2.30. The lowest BCUT2D eigenvalue weighted by Crippen LogP contribution is -1.98. The Labute approximate surface area is 134 Å². The Morgan fingerprint density at radius 2 is 1.84 bits per heavy atom. The second kappa shape index (κ2) is 6.29. The number of methoxy groups -OCH3 is 2. The Balaban J connectivity index is 2.47. The topological polar surface area (TPSA) is 18.5 Å².